The van der Waals surface area contributed by atoms with Crippen molar-refractivity contribution in [3.05, 3.63) is 0 Å². The average Bonchev–Trinajstić information content (AvgIpc) is 2.83. The molecule has 2 fully saturated rings. The van der Waals surface area contributed by atoms with E-state index in [-0.39, 0.29) is 5.25 Å². The molecule has 0 aromatic carbocycles. The summed E-state index contributed by atoms with van der Waals surface area (Å²) in [5.41, 5.74) is 0. The minimum atomic E-state index is -2.80. The van der Waals surface area contributed by atoms with Gasteiger partial charge in [0.15, 0.2) is 9.84 Å². The molecular weight excluding hydrogens is 210 g/mol. The molecule has 2 aliphatic carbocycles. The van der Waals surface area contributed by atoms with Crippen LogP contribution in [-0.4, -0.2) is 32.5 Å². The number of hydrogen-bond acceptors (Lipinski definition) is 3. The maximum atomic E-state index is 11.9. The molecule has 0 aromatic rings. The van der Waals surface area contributed by atoms with Gasteiger partial charge in [0.05, 0.1) is 11.0 Å². The van der Waals surface area contributed by atoms with Crippen molar-refractivity contribution in [2.45, 2.75) is 43.8 Å². The summed E-state index contributed by atoms with van der Waals surface area (Å²) in [6, 6.07) is 0. The predicted octanol–water partition coefficient (Wildman–Crippen LogP) is 1.34. The van der Waals surface area contributed by atoms with Crippen molar-refractivity contribution in [1.82, 2.24) is 5.32 Å². The van der Waals surface area contributed by atoms with Crippen LogP contribution in [0, 0.1) is 5.92 Å². The lowest BCUT2D eigenvalue weighted by molar-refractivity contribution is 0.572. The van der Waals surface area contributed by atoms with Crippen molar-refractivity contribution >= 4 is 9.84 Å². The molecule has 2 saturated carbocycles. The molecule has 0 unspecified atom stereocenters. The molecule has 0 aliphatic heterocycles. The molecule has 2 rings (SSSR count). The summed E-state index contributed by atoms with van der Waals surface area (Å²) in [5.74, 6) is 1.17. The number of rotatable bonds is 6. The van der Waals surface area contributed by atoms with E-state index in [9.17, 15) is 8.42 Å². The Morgan fingerprint density at radius 3 is 2.33 bits per heavy atom. The van der Waals surface area contributed by atoms with E-state index < -0.39 is 9.84 Å². The van der Waals surface area contributed by atoms with Crippen LogP contribution in [0.4, 0.5) is 0 Å². The first kappa shape index (κ1) is 11.4. The maximum absolute atomic E-state index is 11.9. The number of sulfone groups is 1. The molecule has 0 radical (unpaired) electrons. The molecule has 0 atom stereocenters. The van der Waals surface area contributed by atoms with E-state index in [1.165, 1.54) is 12.8 Å². The summed E-state index contributed by atoms with van der Waals surface area (Å²) in [6.07, 6.45) is 6.62. The van der Waals surface area contributed by atoms with Gasteiger partial charge in [-0.1, -0.05) is 12.8 Å². The first-order valence-corrected chi connectivity index (χ1v) is 7.82. The van der Waals surface area contributed by atoms with Gasteiger partial charge in [-0.2, -0.15) is 0 Å². The molecule has 4 heteroatoms. The van der Waals surface area contributed by atoms with E-state index in [2.05, 4.69) is 5.32 Å². The van der Waals surface area contributed by atoms with Crippen LogP contribution < -0.4 is 5.32 Å². The first-order valence-electron chi connectivity index (χ1n) is 6.11. The summed E-state index contributed by atoms with van der Waals surface area (Å²) in [6.45, 7) is 1.66. The molecule has 0 amide bonds. The SMILES string of the molecule is O=S(=O)(CCNCC1CC1)C1CCCC1. The monoisotopic (exact) mass is 231 g/mol. The van der Waals surface area contributed by atoms with E-state index in [0.717, 1.165) is 38.1 Å². The van der Waals surface area contributed by atoms with E-state index in [4.69, 9.17) is 0 Å². The topological polar surface area (TPSA) is 46.2 Å². The molecule has 0 heterocycles. The smallest absolute Gasteiger partial charge is 0.154 e. The lowest BCUT2D eigenvalue weighted by Crippen LogP contribution is -2.29. The first-order chi connectivity index (χ1) is 7.18. The van der Waals surface area contributed by atoms with Crippen molar-refractivity contribution in [2.24, 2.45) is 5.92 Å². The predicted molar refractivity (Wildman–Crippen MR) is 61.6 cm³/mol. The molecular formula is C11H21NO2S. The highest BCUT2D eigenvalue weighted by atomic mass is 32.2. The van der Waals surface area contributed by atoms with Gasteiger partial charge in [0.2, 0.25) is 0 Å². The van der Waals surface area contributed by atoms with Crippen LogP contribution in [0.1, 0.15) is 38.5 Å². The molecule has 0 spiro atoms. The fraction of sp³-hybridized carbons (Fsp3) is 1.00. The number of nitrogens with one attached hydrogen (secondary N) is 1. The molecule has 2 aliphatic rings. The van der Waals surface area contributed by atoms with Gasteiger partial charge >= 0.3 is 0 Å². The van der Waals surface area contributed by atoms with Gasteiger partial charge in [-0.25, -0.2) is 8.42 Å². The molecule has 0 bridgehead atoms. The third-order valence-corrected chi connectivity index (χ3v) is 5.76. The third-order valence-electron chi connectivity index (χ3n) is 3.50. The minimum Gasteiger partial charge on any atom is -0.315 e. The summed E-state index contributed by atoms with van der Waals surface area (Å²) in [4.78, 5) is 0. The average molecular weight is 231 g/mol. The van der Waals surface area contributed by atoms with Gasteiger partial charge in [-0.05, 0) is 38.1 Å². The zero-order chi connectivity index (χ0) is 10.7. The quantitative estimate of drug-likeness (QED) is 0.702. The Hall–Kier alpha value is -0.0900. The largest absolute Gasteiger partial charge is 0.315 e. The van der Waals surface area contributed by atoms with Crippen molar-refractivity contribution in [2.75, 3.05) is 18.8 Å². The number of hydrogen-bond donors (Lipinski definition) is 1. The Bertz CT molecular complexity index is 290. The van der Waals surface area contributed by atoms with Crippen LogP contribution in [0.15, 0.2) is 0 Å². The van der Waals surface area contributed by atoms with E-state index in [1.807, 2.05) is 0 Å². The lowest BCUT2D eigenvalue weighted by atomic mass is 10.4. The highest BCUT2D eigenvalue weighted by molar-refractivity contribution is 7.92. The van der Waals surface area contributed by atoms with Gasteiger partial charge in [0.25, 0.3) is 0 Å². The molecule has 3 nitrogen and oxygen atoms in total. The van der Waals surface area contributed by atoms with Gasteiger partial charge in [-0.15, -0.1) is 0 Å². The standard InChI is InChI=1S/C11H21NO2S/c13-15(14,11-3-1-2-4-11)8-7-12-9-10-5-6-10/h10-12H,1-9H2. The lowest BCUT2D eigenvalue weighted by Gasteiger charge is -2.11. The third kappa shape index (κ3) is 3.45. The molecule has 1 N–H and O–H groups in total. The Labute approximate surface area is 92.6 Å². The summed E-state index contributed by atoms with van der Waals surface area (Å²) < 4.78 is 23.7. The zero-order valence-electron chi connectivity index (χ0n) is 9.24. The summed E-state index contributed by atoms with van der Waals surface area (Å²) in [7, 11) is -2.80. The van der Waals surface area contributed by atoms with Gasteiger partial charge in [0.1, 0.15) is 0 Å². The highest BCUT2D eigenvalue weighted by Crippen LogP contribution is 2.27. The van der Waals surface area contributed by atoms with E-state index in [0.29, 0.717) is 12.3 Å². The van der Waals surface area contributed by atoms with Crippen molar-refractivity contribution < 1.29 is 8.42 Å². The van der Waals surface area contributed by atoms with Gasteiger partial charge in [0, 0.05) is 6.54 Å². The molecule has 0 aromatic heterocycles. The maximum Gasteiger partial charge on any atom is 0.154 e. The van der Waals surface area contributed by atoms with E-state index in [1.54, 1.807) is 0 Å². The minimum absolute atomic E-state index is 0.0276. The Morgan fingerprint density at radius 1 is 1.07 bits per heavy atom. The van der Waals surface area contributed by atoms with Crippen LogP contribution in [0.25, 0.3) is 0 Å². The van der Waals surface area contributed by atoms with Gasteiger partial charge in [-0.3, -0.25) is 0 Å². The van der Waals surface area contributed by atoms with Crippen LogP contribution >= 0.6 is 0 Å². The summed E-state index contributed by atoms with van der Waals surface area (Å²) >= 11 is 0. The molecule has 88 valence electrons. The van der Waals surface area contributed by atoms with Gasteiger partial charge < -0.3 is 5.32 Å². The van der Waals surface area contributed by atoms with Crippen molar-refractivity contribution in [1.29, 1.82) is 0 Å². The fourth-order valence-corrected chi connectivity index (χ4v) is 4.07. The second kappa shape index (κ2) is 4.83. The summed E-state index contributed by atoms with van der Waals surface area (Å²) in [5, 5.41) is 3.22. The van der Waals surface area contributed by atoms with E-state index >= 15 is 0 Å². The van der Waals surface area contributed by atoms with Crippen LogP contribution in [0.5, 0.6) is 0 Å². The van der Waals surface area contributed by atoms with Crippen LogP contribution in [0.2, 0.25) is 0 Å². The van der Waals surface area contributed by atoms with Crippen molar-refractivity contribution in [3.63, 3.8) is 0 Å². The Balaban J connectivity index is 1.66. The highest BCUT2D eigenvalue weighted by Gasteiger charge is 2.28. The normalized spacial score (nSPS) is 23.5. The van der Waals surface area contributed by atoms with Crippen LogP contribution in [-0.2, 0) is 9.84 Å². The second-order valence-electron chi connectivity index (χ2n) is 4.92. The molecule has 15 heavy (non-hydrogen) atoms. The zero-order valence-corrected chi connectivity index (χ0v) is 10.1. The van der Waals surface area contributed by atoms with Crippen molar-refractivity contribution in [3.8, 4) is 0 Å². The van der Waals surface area contributed by atoms with Crippen LogP contribution in [0.3, 0.4) is 0 Å². The molecule has 0 saturated heterocycles. The fourth-order valence-electron chi connectivity index (χ4n) is 2.26. The second-order valence-corrected chi connectivity index (χ2v) is 7.32. The Morgan fingerprint density at radius 2 is 1.73 bits per heavy atom. The Kier molecular flexibility index (Phi) is 3.67.